The van der Waals surface area contributed by atoms with Crippen molar-refractivity contribution < 1.29 is 14.0 Å². The first kappa shape index (κ1) is 18.2. The van der Waals surface area contributed by atoms with E-state index in [2.05, 4.69) is 15.6 Å². The van der Waals surface area contributed by atoms with Gasteiger partial charge in [-0.05, 0) is 31.2 Å². The Morgan fingerprint density at radius 2 is 1.92 bits per heavy atom. The number of aryl methyl sites for hydroxylation is 1. The van der Waals surface area contributed by atoms with Gasteiger partial charge >= 0.3 is 0 Å². The molecule has 0 fully saturated rings. The van der Waals surface area contributed by atoms with Crippen molar-refractivity contribution in [3.8, 4) is 10.6 Å². The normalized spacial score (nSPS) is 10.5. The number of carbonyl (C=O) groups is 2. The minimum atomic E-state index is -0.318. The van der Waals surface area contributed by atoms with Gasteiger partial charge in [0.2, 0.25) is 0 Å². The number of amides is 2. The number of hydrogen-bond acceptors (Lipinski definition) is 5. The zero-order valence-corrected chi connectivity index (χ0v) is 15.5. The third kappa shape index (κ3) is 4.30. The molecule has 6 nitrogen and oxygen atoms in total. The van der Waals surface area contributed by atoms with Gasteiger partial charge in [0.25, 0.3) is 11.8 Å². The van der Waals surface area contributed by atoms with Gasteiger partial charge in [-0.3, -0.25) is 9.59 Å². The quantitative estimate of drug-likeness (QED) is 0.632. The molecule has 2 aromatic heterocycles. The highest BCUT2D eigenvalue weighted by molar-refractivity contribution is 7.17. The van der Waals surface area contributed by atoms with E-state index in [1.165, 1.54) is 17.6 Å². The molecular formula is C18H16ClN3O3S. The van der Waals surface area contributed by atoms with Crippen molar-refractivity contribution in [1.29, 1.82) is 0 Å². The van der Waals surface area contributed by atoms with E-state index in [9.17, 15) is 9.59 Å². The average Bonchev–Trinajstić information content (AvgIpc) is 3.28. The Bertz CT molecular complexity index is 922. The highest BCUT2D eigenvalue weighted by atomic mass is 35.5. The summed E-state index contributed by atoms with van der Waals surface area (Å²) in [5.41, 5.74) is 1.53. The molecule has 26 heavy (non-hydrogen) atoms. The second-order valence-corrected chi connectivity index (χ2v) is 6.87. The fourth-order valence-corrected chi connectivity index (χ4v) is 3.45. The number of hydrogen-bond donors (Lipinski definition) is 2. The molecule has 3 aromatic rings. The summed E-state index contributed by atoms with van der Waals surface area (Å²) in [4.78, 5) is 29.1. The number of rotatable bonds is 6. The number of benzene rings is 1. The predicted molar refractivity (Wildman–Crippen MR) is 101 cm³/mol. The van der Waals surface area contributed by atoms with Crippen LogP contribution in [-0.2, 0) is 0 Å². The first-order valence-corrected chi connectivity index (χ1v) is 9.07. The van der Waals surface area contributed by atoms with Gasteiger partial charge in [-0.15, -0.1) is 11.3 Å². The molecule has 134 valence electrons. The van der Waals surface area contributed by atoms with Crippen LogP contribution in [-0.4, -0.2) is 29.9 Å². The summed E-state index contributed by atoms with van der Waals surface area (Å²) in [6.45, 7) is 2.39. The Hall–Kier alpha value is -2.64. The molecule has 0 aliphatic carbocycles. The molecule has 2 heterocycles. The van der Waals surface area contributed by atoms with Crippen LogP contribution in [0.5, 0.6) is 0 Å². The van der Waals surface area contributed by atoms with E-state index in [0.29, 0.717) is 28.7 Å². The van der Waals surface area contributed by atoms with E-state index >= 15 is 0 Å². The lowest BCUT2D eigenvalue weighted by atomic mass is 10.2. The number of carbonyl (C=O) groups excluding carboxylic acids is 2. The Kier molecular flexibility index (Phi) is 5.70. The van der Waals surface area contributed by atoms with Gasteiger partial charge in [0.15, 0.2) is 5.76 Å². The van der Waals surface area contributed by atoms with E-state index in [4.69, 9.17) is 16.0 Å². The molecule has 0 unspecified atom stereocenters. The second-order valence-electron chi connectivity index (χ2n) is 5.43. The summed E-state index contributed by atoms with van der Waals surface area (Å²) < 4.78 is 5.00. The van der Waals surface area contributed by atoms with Gasteiger partial charge in [-0.25, -0.2) is 4.98 Å². The lowest BCUT2D eigenvalue weighted by Gasteiger charge is -2.05. The summed E-state index contributed by atoms with van der Waals surface area (Å²) in [5.74, 6) is -0.303. The maximum absolute atomic E-state index is 12.4. The molecular weight excluding hydrogens is 374 g/mol. The van der Waals surface area contributed by atoms with Crippen LogP contribution in [0.25, 0.3) is 10.6 Å². The first-order valence-electron chi connectivity index (χ1n) is 7.88. The van der Waals surface area contributed by atoms with Gasteiger partial charge in [-0.2, -0.15) is 0 Å². The van der Waals surface area contributed by atoms with Gasteiger partial charge < -0.3 is 15.1 Å². The molecule has 0 bridgehead atoms. The molecule has 0 aliphatic rings. The molecule has 3 rings (SSSR count). The number of nitrogens with one attached hydrogen (secondary N) is 2. The fraction of sp³-hybridized carbons (Fsp3) is 0.167. The second kappa shape index (κ2) is 8.16. The SMILES string of the molecule is Cc1nc(-c2cccc(Cl)c2)sc1C(=O)NCCNC(=O)c1ccco1. The molecule has 2 N–H and O–H groups in total. The van der Waals surface area contributed by atoms with Gasteiger partial charge in [-0.1, -0.05) is 23.7 Å². The van der Waals surface area contributed by atoms with Crippen molar-refractivity contribution in [3.05, 3.63) is 64.0 Å². The van der Waals surface area contributed by atoms with Crippen molar-refractivity contribution in [1.82, 2.24) is 15.6 Å². The monoisotopic (exact) mass is 389 g/mol. The summed E-state index contributed by atoms with van der Waals surface area (Å²) in [6, 6.07) is 10.6. The highest BCUT2D eigenvalue weighted by Crippen LogP contribution is 2.29. The van der Waals surface area contributed by atoms with Gasteiger partial charge in [0, 0.05) is 23.7 Å². The average molecular weight is 390 g/mol. The van der Waals surface area contributed by atoms with Crippen LogP contribution in [0.1, 0.15) is 25.9 Å². The molecule has 0 atom stereocenters. The molecule has 0 saturated heterocycles. The zero-order valence-electron chi connectivity index (χ0n) is 13.9. The van der Waals surface area contributed by atoms with E-state index in [-0.39, 0.29) is 17.6 Å². The van der Waals surface area contributed by atoms with E-state index in [1.54, 1.807) is 25.1 Å². The third-order valence-electron chi connectivity index (χ3n) is 3.52. The van der Waals surface area contributed by atoms with E-state index < -0.39 is 0 Å². The Morgan fingerprint density at radius 1 is 1.15 bits per heavy atom. The Balaban J connectivity index is 1.56. The summed E-state index contributed by atoms with van der Waals surface area (Å²) in [6.07, 6.45) is 1.43. The van der Waals surface area contributed by atoms with Crippen molar-refractivity contribution in [2.75, 3.05) is 13.1 Å². The maximum atomic E-state index is 12.4. The van der Waals surface area contributed by atoms with E-state index in [1.807, 2.05) is 18.2 Å². The van der Waals surface area contributed by atoms with Crippen LogP contribution >= 0.6 is 22.9 Å². The minimum Gasteiger partial charge on any atom is -0.459 e. The molecule has 1 aromatic carbocycles. The molecule has 0 radical (unpaired) electrons. The van der Waals surface area contributed by atoms with Crippen molar-refractivity contribution in [3.63, 3.8) is 0 Å². The van der Waals surface area contributed by atoms with Crippen LogP contribution < -0.4 is 10.6 Å². The summed E-state index contributed by atoms with van der Waals surface area (Å²) >= 11 is 7.31. The number of nitrogens with zero attached hydrogens (tertiary/aromatic N) is 1. The lowest BCUT2D eigenvalue weighted by molar-refractivity contribution is 0.0911. The summed E-state index contributed by atoms with van der Waals surface area (Å²) in [5, 5.41) is 6.80. The molecule has 0 aliphatic heterocycles. The number of furan rings is 1. The standard InChI is InChI=1S/C18H16ClN3O3S/c1-11-15(26-18(22-11)12-4-2-5-13(19)10-12)17(24)21-8-7-20-16(23)14-6-3-9-25-14/h2-6,9-10H,7-8H2,1H3,(H,20,23)(H,21,24). The van der Waals surface area contributed by atoms with Gasteiger partial charge in [0.05, 0.1) is 12.0 Å². The summed E-state index contributed by atoms with van der Waals surface area (Å²) in [7, 11) is 0. The van der Waals surface area contributed by atoms with Gasteiger partial charge in [0.1, 0.15) is 9.88 Å². The third-order valence-corrected chi connectivity index (χ3v) is 4.96. The molecule has 0 spiro atoms. The minimum absolute atomic E-state index is 0.222. The van der Waals surface area contributed by atoms with Crippen LogP contribution in [0, 0.1) is 6.92 Å². The van der Waals surface area contributed by atoms with E-state index in [0.717, 1.165) is 10.6 Å². The predicted octanol–water partition coefficient (Wildman–Crippen LogP) is 3.52. The smallest absolute Gasteiger partial charge is 0.287 e. The van der Waals surface area contributed by atoms with Crippen LogP contribution in [0.2, 0.25) is 5.02 Å². The maximum Gasteiger partial charge on any atom is 0.287 e. The molecule has 2 amide bonds. The number of thiazole rings is 1. The Labute approximate surface area is 159 Å². The van der Waals surface area contributed by atoms with Crippen molar-refractivity contribution >= 4 is 34.8 Å². The number of aromatic nitrogens is 1. The Morgan fingerprint density at radius 3 is 2.62 bits per heavy atom. The van der Waals surface area contributed by atoms with Crippen molar-refractivity contribution in [2.45, 2.75) is 6.92 Å². The first-order chi connectivity index (χ1) is 12.5. The van der Waals surface area contributed by atoms with Crippen LogP contribution in [0.15, 0.2) is 47.1 Å². The lowest BCUT2D eigenvalue weighted by Crippen LogP contribution is -2.34. The topological polar surface area (TPSA) is 84.2 Å². The number of halogens is 1. The van der Waals surface area contributed by atoms with Crippen LogP contribution in [0.4, 0.5) is 0 Å². The molecule has 8 heteroatoms. The fourth-order valence-electron chi connectivity index (χ4n) is 2.28. The van der Waals surface area contributed by atoms with Crippen molar-refractivity contribution in [2.24, 2.45) is 0 Å². The largest absolute Gasteiger partial charge is 0.459 e. The zero-order chi connectivity index (χ0) is 18.5. The molecule has 0 saturated carbocycles. The highest BCUT2D eigenvalue weighted by Gasteiger charge is 2.16. The van der Waals surface area contributed by atoms with Crippen LogP contribution in [0.3, 0.4) is 0 Å².